The fourth-order valence-electron chi connectivity index (χ4n) is 3.23. The highest BCUT2D eigenvalue weighted by Crippen LogP contribution is 2.32. The van der Waals surface area contributed by atoms with Crippen LogP contribution in [0.25, 0.3) is 11.3 Å². The molecular weight excluding hydrogens is 430 g/mol. The molecule has 0 saturated heterocycles. The van der Waals surface area contributed by atoms with E-state index in [1.54, 1.807) is 19.9 Å². The highest BCUT2D eigenvalue weighted by molar-refractivity contribution is 5.91. The monoisotopic (exact) mass is 454 g/mol. The first-order valence-corrected chi connectivity index (χ1v) is 10.3. The lowest BCUT2D eigenvalue weighted by Crippen LogP contribution is -2.15. The van der Waals surface area contributed by atoms with Crippen molar-refractivity contribution in [1.82, 2.24) is 14.9 Å². The summed E-state index contributed by atoms with van der Waals surface area (Å²) in [6.07, 6.45) is 0.904. The summed E-state index contributed by atoms with van der Waals surface area (Å²) in [5.41, 5.74) is 7.10. The zero-order chi connectivity index (χ0) is 24.3. The van der Waals surface area contributed by atoms with Crippen molar-refractivity contribution < 1.29 is 18.1 Å². The number of benzene rings is 1. The molecule has 3 aromatic rings. The molecule has 1 amide bonds. The van der Waals surface area contributed by atoms with Crippen LogP contribution in [0.15, 0.2) is 34.9 Å². The van der Waals surface area contributed by atoms with Gasteiger partial charge in [-0.25, -0.2) is 13.5 Å². The van der Waals surface area contributed by atoms with Gasteiger partial charge in [0.1, 0.15) is 23.1 Å². The van der Waals surface area contributed by atoms with Gasteiger partial charge in [0.25, 0.3) is 0 Å². The number of nitrogens with two attached hydrogens (primary N) is 1. The number of aromatic nitrogens is 3. The largest absolute Gasteiger partial charge is 0.383 e. The van der Waals surface area contributed by atoms with E-state index in [-0.39, 0.29) is 40.1 Å². The number of rotatable bonds is 8. The molecule has 0 spiro atoms. The van der Waals surface area contributed by atoms with Crippen LogP contribution >= 0.6 is 0 Å². The Morgan fingerprint density at radius 1 is 1.36 bits per heavy atom. The van der Waals surface area contributed by atoms with Crippen LogP contribution in [0.2, 0.25) is 0 Å². The Labute approximate surface area is 189 Å². The Morgan fingerprint density at radius 3 is 2.73 bits per heavy atom. The number of nitrogens with one attached hydrogen (secondary N) is 1. The lowest BCUT2D eigenvalue weighted by Gasteiger charge is -2.08. The number of halogens is 2. The zero-order valence-corrected chi connectivity index (χ0v) is 18.6. The predicted octanol–water partition coefficient (Wildman–Crippen LogP) is 4.54. The standard InChI is InChI=1S/C23H24F2N6O2/c1-12(2)5-7-15-10-19(33-30-15)28-18(32)9-14-6-8-16(21(25)20(14)24)22-17(11-26)23(27)31(29-22)13(3)4/h6,8,10,13H,1,5,7,9,27H2,2-4H3,(H,28,32). The molecule has 2 heterocycles. The van der Waals surface area contributed by atoms with Crippen LogP contribution < -0.4 is 11.1 Å². The molecule has 10 heteroatoms. The first kappa shape index (κ1) is 23.7. The molecule has 33 heavy (non-hydrogen) atoms. The highest BCUT2D eigenvalue weighted by atomic mass is 19.2. The lowest BCUT2D eigenvalue weighted by molar-refractivity contribution is -0.115. The van der Waals surface area contributed by atoms with E-state index in [2.05, 4.69) is 22.2 Å². The quantitative estimate of drug-likeness (QED) is 0.482. The van der Waals surface area contributed by atoms with Gasteiger partial charge in [-0.05, 0) is 39.7 Å². The second-order valence-corrected chi connectivity index (χ2v) is 8.02. The molecule has 2 aromatic heterocycles. The van der Waals surface area contributed by atoms with E-state index >= 15 is 0 Å². The third-order valence-electron chi connectivity index (χ3n) is 4.95. The molecule has 1 aromatic carbocycles. The van der Waals surface area contributed by atoms with Crippen molar-refractivity contribution in [2.24, 2.45) is 0 Å². The minimum Gasteiger partial charge on any atom is -0.383 e. The van der Waals surface area contributed by atoms with E-state index in [0.717, 1.165) is 12.0 Å². The molecule has 0 atom stereocenters. The van der Waals surface area contributed by atoms with Gasteiger partial charge >= 0.3 is 0 Å². The zero-order valence-electron chi connectivity index (χ0n) is 18.6. The van der Waals surface area contributed by atoms with Gasteiger partial charge in [0.15, 0.2) is 11.6 Å². The summed E-state index contributed by atoms with van der Waals surface area (Å²) in [5.74, 6) is -2.84. The summed E-state index contributed by atoms with van der Waals surface area (Å²) in [6, 6.07) is 5.83. The minimum absolute atomic E-state index is 0.0414. The Bertz CT molecular complexity index is 1250. The molecule has 8 nitrogen and oxygen atoms in total. The van der Waals surface area contributed by atoms with Crippen molar-refractivity contribution in [3.63, 3.8) is 0 Å². The van der Waals surface area contributed by atoms with Crippen LogP contribution in [-0.2, 0) is 17.6 Å². The molecule has 3 rings (SSSR count). The van der Waals surface area contributed by atoms with Crippen molar-refractivity contribution in [3.05, 3.63) is 58.8 Å². The molecule has 172 valence electrons. The molecular formula is C23H24F2N6O2. The number of hydrogen-bond acceptors (Lipinski definition) is 6. The smallest absolute Gasteiger partial charge is 0.231 e. The maximum Gasteiger partial charge on any atom is 0.231 e. The van der Waals surface area contributed by atoms with Crippen LogP contribution in [0.4, 0.5) is 20.5 Å². The fourth-order valence-corrected chi connectivity index (χ4v) is 3.23. The van der Waals surface area contributed by atoms with Crippen molar-refractivity contribution in [1.29, 1.82) is 5.26 Å². The first-order chi connectivity index (χ1) is 15.6. The summed E-state index contributed by atoms with van der Waals surface area (Å²) in [4.78, 5) is 12.3. The van der Waals surface area contributed by atoms with Gasteiger partial charge in [-0.1, -0.05) is 16.8 Å². The summed E-state index contributed by atoms with van der Waals surface area (Å²) in [6.45, 7) is 9.30. The predicted molar refractivity (Wildman–Crippen MR) is 119 cm³/mol. The SMILES string of the molecule is C=C(C)CCc1cc(NC(=O)Cc2ccc(-c3nn(C(C)C)c(N)c3C#N)c(F)c2F)on1. The summed E-state index contributed by atoms with van der Waals surface area (Å²) >= 11 is 0. The second kappa shape index (κ2) is 9.65. The highest BCUT2D eigenvalue weighted by Gasteiger charge is 2.24. The van der Waals surface area contributed by atoms with Crippen LogP contribution in [0, 0.1) is 23.0 Å². The maximum absolute atomic E-state index is 14.9. The number of nitrogen functional groups attached to an aromatic ring is 1. The normalized spacial score (nSPS) is 10.9. The van der Waals surface area contributed by atoms with Crippen molar-refractivity contribution in [2.75, 3.05) is 11.1 Å². The van der Waals surface area contributed by atoms with Crippen LogP contribution in [-0.4, -0.2) is 20.8 Å². The van der Waals surface area contributed by atoms with Crippen LogP contribution in [0.5, 0.6) is 0 Å². The molecule has 0 radical (unpaired) electrons. The van der Waals surface area contributed by atoms with Gasteiger partial charge in [0, 0.05) is 23.2 Å². The molecule has 0 aliphatic heterocycles. The molecule has 0 fully saturated rings. The van der Waals surface area contributed by atoms with E-state index in [0.29, 0.717) is 12.1 Å². The number of allylic oxidation sites excluding steroid dienone is 1. The van der Waals surface area contributed by atoms with Gasteiger partial charge in [-0.3, -0.25) is 10.1 Å². The number of nitriles is 1. The van der Waals surface area contributed by atoms with Crippen LogP contribution in [0.1, 0.15) is 50.1 Å². The number of carbonyl (C=O) groups excluding carboxylic acids is 1. The Kier molecular flexibility index (Phi) is 6.92. The van der Waals surface area contributed by atoms with E-state index in [4.69, 9.17) is 10.3 Å². The third-order valence-corrected chi connectivity index (χ3v) is 4.95. The summed E-state index contributed by atoms with van der Waals surface area (Å²) in [5, 5.41) is 19.9. The van der Waals surface area contributed by atoms with E-state index in [1.807, 2.05) is 13.0 Å². The topological polar surface area (TPSA) is 123 Å². The third kappa shape index (κ3) is 5.09. The molecule has 3 N–H and O–H groups in total. The Hall–Kier alpha value is -4.00. The number of anilines is 2. The number of aryl methyl sites for hydroxylation is 1. The maximum atomic E-state index is 14.9. The van der Waals surface area contributed by atoms with Gasteiger partial charge in [0.2, 0.25) is 11.8 Å². The molecule has 0 unspecified atom stereocenters. The van der Waals surface area contributed by atoms with E-state index in [1.165, 1.54) is 16.8 Å². The molecule has 0 saturated carbocycles. The minimum atomic E-state index is -1.22. The number of nitrogens with zero attached hydrogens (tertiary/aromatic N) is 4. The Morgan fingerprint density at radius 2 is 2.09 bits per heavy atom. The molecule has 0 bridgehead atoms. The molecule has 0 aliphatic carbocycles. The van der Waals surface area contributed by atoms with E-state index in [9.17, 15) is 18.8 Å². The lowest BCUT2D eigenvalue weighted by atomic mass is 10.0. The van der Waals surface area contributed by atoms with Gasteiger partial charge in [0.05, 0.1) is 12.1 Å². The first-order valence-electron chi connectivity index (χ1n) is 10.3. The second-order valence-electron chi connectivity index (χ2n) is 8.02. The van der Waals surface area contributed by atoms with Crippen molar-refractivity contribution in [3.8, 4) is 17.3 Å². The molecule has 0 aliphatic rings. The van der Waals surface area contributed by atoms with Crippen LogP contribution in [0.3, 0.4) is 0 Å². The number of carbonyl (C=O) groups is 1. The number of hydrogen-bond donors (Lipinski definition) is 2. The summed E-state index contributed by atoms with van der Waals surface area (Å²) in [7, 11) is 0. The van der Waals surface area contributed by atoms with Crippen molar-refractivity contribution >= 4 is 17.6 Å². The van der Waals surface area contributed by atoms with Crippen molar-refractivity contribution in [2.45, 2.75) is 46.1 Å². The average Bonchev–Trinajstić information content (AvgIpc) is 3.33. The Balaban J connectivity index is 1.79. The fraction of sp³-hybridized carbons (Fsp3) is 0.304. The van der Waals surface area contributed by atoms with Gasteiger partial charge in [-0.2, -0.15) is 10.4 Å². The number of amides is 1. The average molecular weight is 454 g/mol. The van der Waals surface area contributed by atoms with Gasteiger partial charge in [-0.15, -0.1) is 6.58 Å². The summed E-state index contributed by atoms with van der Waals surface area (Å²) < 4.78 is 36.1. The van der Waals surface area contributed by atoms with E-state index < -0.39 is 24.0 Å². The van der Waals surface area contributed by atoms with Gasteiger partial charge < -0.3 is 10.3 Å².